The normalized spacial score (nSPS) is 10.7. The van der Waals surface area contributed by atoms with E-state index < -0.39 is 0 Å². The third-order valence-corrected chi connectivity index (χ3v) is 5.37. The molecule has 2 rings (SSSR count). The standard InChI is InChI=1S/C14H15BrClNS/c1-3-10-6-11(5-4-9(10)2)17-8-12-7-13(15)14(16)18-12/h4-7,17H,3,8H2,1-2H3. The van der Waals surface area contributed by atoms with Crippen molar-refractivity contribution >= 4 is 44.6 Å². The Morgan fingerprint density at radius 2 is 2.11 bits per heavy atom. The number of halogens is 2. The highest BCUT2D eigenvalue weighted by atomic mass is 79.9. The number of anilines is 1. The van der Waals surface area contributed by atoms with Gasteiger partial charge in [-0.3, -0.25) is 0 Å². The van der Waals surface area contributed by atoms with Crippen molar-refractivity contribution in [3.05, 3.63) is 49.1 Å². The van der Waals surface area contributed by atoms with Gasteiger partial charge in [-0.2, -0.15) is 0 Å². The van der Waals surface area contributed by atoms with E-state index in [0.29, 0.717) is 0 Å². The molecule has 0 aliphatic heterocycles. The van der Waals surface area contributed by atoms with Crippen molar-refractivity contribution in [2.75, 3.05) is 5.32 Å². The van der Waals surface area contributed by atoms with Crippen molar-refractivity contribution in [1.29, 1.82) is 0 Å². The Kier molecular flexibility index (Phi) is 4.71. The maximum absolute atomic E-state index is 6.02. The number of thiophene rings is 1. The lowest BCUT2D eigenvalue weighted by Crippen LogP contribution is -1.98. The van der Waals surface area contributed by atoms with Crippen LogP contribution in [0.2, 0.25) is 4.34 Å². The molecule has 1 aromatic carbocycles. The molecule has 18 heavy (non-hydrogen) atoms. The molecule has 0 radical (unpaired) electrons. The Hall–Kier alpha value is -0.510. The second-order valence-corrected chi connectivity index (χ2v) is 6.78. The van der Waals surface area contributed by atoms with Crippen molar-refractivity contribution in [2.45, 2.75) is 26.8 Å². The van der Waals surface area contributed by atoms with Gasteiger partial charge in [0.05, 0.1) is 0 Å². The first kappa shape index (κ1) is 13.9. The molecule has 1 aromatic heterocycles. The maximum Gasteiger partial charge on any atom is 0.107 e. The summed E-state index contributed by atoms with van der Waals surface area (Å²) in [7, 11) is 0. The van der Waals surface area contributed by atoms with E-state index in [4.69, 9.17) is 11.6 Å². The fraction of sp³-hybridized carbons (Fsp3) is 0.286. The van der Waals surface area contributed by atoms with Gasteiger partial charge in [0.1, 0.15) is 4.34 Å². The predicted octanol–water partition coefficient (Wildman–Crippen LogP) is 5.65. The Labute approximate surface area is 125 Å². The Morgan fingerprint density at radius 3 is 2.72 bits per heavy atom. The molecule has 1 N–H and O–H groups in total. The Bertz CT molecular complexity index is 531. The predicted molar refractivity (Wildman–Crippen MR) is 84.9 cm³/mol. The smallest absolute Gasteiger partial charge is 0.107 e. The van der Waals surface area contributed by atoms with Gasteiger partial charge in [0, 0.05) is 21.6 Å². The number of rotatable bonds is 4. The van der Waals surface area contributed by atoms with Gasteiger partial charge in [-0.1, -0.05) is 24.6 Å². The lowest BCUT2D eigenvalue weighted by atomic mass is 10.1. The Morgan fingerprint density at radius 1 is 1.33 bits per heavy atom. The second kappa shape index (κ2) is 6.09. The molecule has 0 saturated heterocycles. The fourth-order valence-corrected chi connectivity index (χ4v) is 3.56. The molecule has 0 amide bonds. The minimum atomic E-state index is 0.808. The monoisotopic (exact) mass is 343 g/mol. The SMILES string of the molecule is CCc1cc(NCc2cc(Br)c(Cl)s2)ccc1C. The molecule has 96 valence electrons. The van der Waals surface area contributed by atoms with E-state index in [2.05, 4.69) is 59.4 Å². The van der Waals surface area contributed by atoms with Crippen LogP contribution < -0.4 is 5.32 Å². The van der Waals surface area contributed by atoms with E-state index >= 15 is 0 Å². The van der Waals surface area contributed by atoms with Gasteiger partial charge in [0.15, 0.2) is 0 Å². The lowest BCUT2D eigenvalue weighted by Gasteiger charge is -2.09. The number of hydrogen-bond donors (Lipinski definition) is 1. The maximum atomic E-state index is 6.02. The molecular formula is C14H15BrClNS. The minimum Gasteiger partial charge on any atom is -0.380 e. The summed E-state index contributed by atoms with van der Waals surface area (Å²) in [5.74, 6) is 0. The number of aryl methyl sites for hydroxylation is 2. The number of nitrogens with one attached hydrogen (secondary N) is 1. The summed E-state index contributed by atoms with van der Waals surface area (Å²) < 4.78 is 1.79. The van der Waals surface area contributed by atoms with Gasteiger partial charge < -0.3 is 5.32 Å². The van der Waals surface area contributed by atoms with Crippen LogP contribution in [0.25, 0.3) is 0 Å². The van der Waals surface area contributed by atoms with Crippen molar-refractivity contribution < 1.29 is 0 Å². The van der Waals surface area contributed by atoms with E-state index in [1.54, 1.807) is 11.3 Å². The summed E-state index contributed by atoms with van der Waals surface area (Å²) in [6.07, 6.45) is 1.07. The summed E-state index contributed by atoms with van der Waals surface area (Å²) >= 11 is 11.1. The average molecular weight is 345 g/mol. The van der Waals surface area contributed by atoms with Gasteiger partial charge in [0.2, 0.25) is 0 Å². The van der Waals surface area contributed by atoms with Crippen LogP contribution in [0.5, 0.6) is 0 Å². The van der Waals surface area contributed by atoms with Crippen LogP contribution in [0.3, 0.4) is 0 Å². The van der Waals surface area contributed by atoms with Gasteiger partial charge >= 0.3 is 0 Å². The zero-order chi connectivity index (χ0) is 13.1. The molecule has 0 fully saturated rings. The first-order valence-corrected chi connectivity index (χ1v) is 7.86. The molecule has 1 heterocycles. The van der Waals surface area contributed by atoms with Crippen LogP contribution in [0, 0.1) is 6.92 Å². The summed E-state index contributed by atoms with van der Waals surface area (Å²) in [4.78, 5) is 1.23. The molecule has 0 bridgehead atoms. The van der Waals surface area contributed by atoms with Crippen LogP contribution in [0.1, 0.15) is 22.9 Å². The zero-order valence-electron chi connectivity index (χ0n) is 10.4. The third-order valence-electron chi connectivity index (χ3n) is 2.89. The van der Waals surface area contributed by atoms with Crippen LogP contribution in [0.15, 0.2) is 28.7 Å². The van der Waals surface area contributed by atoms with Gasteiger partial charge in [-0.15, -0.1) is 11.3 Å². The largest absolute Gasteiger partial charge is 0.380 e. The first-order chi connectivity index (χ1) is 8.60. The van der Waals surface area contributed by atoms with E-state index in [-0.39, 0.29) is 0 Å². The van der Waals surface area contributed by atoms with Crippen molar-refractivity contribution in [2.24, 2.45) is 0 Å². The average Bonchev–Trinajstić information content (AvgIpc) is 2.68. The van der Waals surface area contributed by atoms with Crippen LogP contribution in [-0.2, 0) is 13.0 Å². The van der Waals surface area contributed by atoms with Crippen LogP contribution >= 0.6 is 38.9 Å². The molecule has 0 saturated carbocycles. The molecule has 2 aromatic rings. The molecule has 0 aliphatic rings. The second-order valence-electron chi connectivity index (χ2n) is 4.18. The molecule has 1 nitrogen and oxygen atoms in total. The molecule has 4 heteroatoms. The molecule has 0 unspecified atom stereocenters. The van der Waals surface area contributed by atoms with Gasteiger partial charge in [-0.25, -0.2) is 0 Å². The van der Waals surface area contributed by atoms with Crippen LogP contribution in [0.4, 0.5) is 5.69 Å². The van der Waals surface area contributed by atoms with E-state index in [1.807, 2.05) is 0 Å². The Balaban J connectivity index is 2.06. The molecule has 0 atom stereocenters. The van der Waals surface area contributed by atoms with Crippen LogP contribution in [-0.4, -0.2) is 0 Å². The lowest BCUT2D eigenvalue weighted by molar-refractivity contribution is 1.10. The van der Waals surface area contributed by atoms with E-state index in [9.17, 15) is 0 Å². The molecule has 0 aliphatic carbocycles. The highest BCUT2D eigenvalue weighted by Crippen LogP contribution is 2.32. The highest BCUT2D eigenvalue weighted by molar-refractivity contribution is 9.10. The van der Waals surface area contributed by atoms with E-state index in [0.717, 1.165) is 27.5 Å². The quantitative estimate of drug-likeness (QED) is 0.756. The summed E-state index contributed by atoms with van der Waals surface area (Å²) in [5.41, 5.74) is 3.91. The van der Waals surface area contributed by atoms with E-state index in [1.165, 1.54) is 16.0 Å². The van der Waals surface area contributed by atoms with Crippen molar-refractivity contribution in [3.63, 3.8) is 0 Å². The number of benzene rings is 1. The van der Waals surface area contributed by atoms with Crippen molar-refractivity contribution in [1.82, 2.24) is 0 Å². The van der Waals surface area contributed by atoms with Crippen molar-refractivity contribution in [3.8, 4) is 0 Å². The molecule has 0 spiro atoms. The minimum absolute atomic E-state index is 0.808. The fourth-order valence-electron chi connectivity index (χ4n) is 1.83. The highest BCUT2D eigenvalue weighted by Gasteiger charge is 2.04. The number of hydrogen-bond acceptors (Lipinski definition) is 2. The summed E-state index contributed by atoms with van der Waals surface area (Å²) in [6.45, 7) is 5.14. The third kappa shape index (κ3) is 3.28. The first-order valence-electron chi connectivity index (χ1n) is 5.87. The van der Waals surface area contributed by atoms with Gasteiger partial charge in [0.25, 0.3) is 0 Å². The topological polar surface area (TPSA) is 12.0 Å². The summed E-state index contributed by atoms with van der Waals surface area (Å²) in [5, 5.41) is 3.43. The van der Waals surface area contributed by atoms with Gasteiger partial charge in [-0.05, 0) is 58.6 Å². The molecular weight excluding hydrogens is 330 g/mol. The zero-order valence-corrected chi connectivity index (χ0v) is 13.5. The summed E-state index contributed by atoms with van der Waals surface area (Å²) in [6, 6.07) is 8.58.